The number of halogens is 3. The van der Waals surface area contributed by atoms with Gasteiger partial charge in [-0.1, -0.05) is 0 Å². The summed E-state index contributed by atoms with van der Waals surface area (Å²) in [5.74, 6) is 0.282. The lowest BCUT2D eigenvalue weighted by molar-refractivity contribution is -0.140. The number of aromatic amines is 1. The molecule has 0 aliphatic carbocycles. The Morgan fingerprint density at radius 2 is 2.12 bits per heavy atom. The number of hydrogen-bond donors (Lipinski definition) is 2. The van der Waals surface area contributed by atoms with E-state index in [-0.39, 0.29) is 17.1 Å². The highest BCUT2D eigenvalue weighted by Crippen LogP contribution is 2.35. The maximum absolute atomic E-state index is 12.5. The number of nitrogens with one attached hydrogen (secondary N) is 1. The average Bonchev–Trinajstić information content (AvgIpc) is 2.72. The van der Waals surface area contributed by atoms with E-state index < -0.39 is 11.9 Å². The number of nitrogens with zero attached hydrogens (tertiary/aromatic N) is 3. The van der Waals surface area contributed by atoms with Crippen molar-refractivity contribution in [3.05, 3.63) is 18.0 Å². The molecule has 3 N–H and O–H groups in total. The predicted molar refractivity (Wildman–Crippen MR) is 50.2 cm³/mol. The van der Waals surface area contributed by atoms with Crippen LogP contribution in [0.2, 0.25) is 0 Å². The third kappa shape index (κ3) is 1.62. The summed E-state index contributed by atoms with van der Waals surface area (Å²) >= 11 is 0. The highest BCUT2D eigenvalue weighted by Gasteiger charge is 2.36. The van der Waals surface area contributed by atoms with E-state index in [1.54, 1.807) is 7.05 Å². The molecule has 0 saturated carbocycles. The summed E-state index contributed by atoms with van der Waals surface area (Å²) < 4.78 is 38.9. The van der Waals surface area contributed by atoms with E-state index in [0.29, 0.717) is 0 Å². The van der Waals surface area contributed by atoms with Gasteiger partial charge in [-0.25, -0.2) is 0 Å². The van der Waals surface area contributed by atoms with Gasteiger partial charge in [-0.3, -0.25) is 9.78 Å². The van der Waals surface area contributed by atoms with Crippen LogP contribution in [0.3, 0.4) is 0 Å². The molecular weight excluding hydrogens is 223 g/mol. The Morgan fingerprint density at radius 1 is 1.44 bits per heavy atom. The molecule has 0 saturated heterocycles. The zero-order chi connectivity index (χ0) is 11.9. The number of nitrogen functional groups attached to an aromatic ring is 1. The number of alkyl halides is 3. The van der Waals surface area contributed by atoms with Crippen LogP contribution in [0.1, 0.15) is 5.69 Å². The largest absolute Gasteiger partial charge is 0.433 e. The van der Waals surface area contributed by atoms with Crippen LogP contribution in [0.4, 0.5) is 19.0 Å². The molecular formula is C8H8F3N5. The van der Waals surface area contributed by atoms with Gasteiger partial charge >= 0.3 is 6.18 Å². The number of hydrogen-bond acceptors (Lipinski definition) is 3. The van der Waals surface area contributed by atoms with E-state index in [9.17, 15) is 13.2 Å². The minimum Gasteiger partial charge on any atom is -0.384 e. The van der Waals surface area contributed by atoms with Crippen LogP contribution in [-0.4, -0.2) is 20.0 Å². The van der Waals surface area contributed by atoms with E-state index >= 15 is 0 Å². The summed E-state index contributed by atoms with van der Waals surface area (Å²) in [6.45, 7) is 0. The molecule has 0 spiro atoms. The lowest BCUT2D eigenvalue weighted by Gasteiger charge is -2.04. The second-order valence-corrected chi connectivity index (χ2v) is 3.23. The first-order valence-electron chi connectivity index (χ1n) is 4.30. The molecule has 0 aliphatic rings. The van der Waals surface area contributed by atoms with Gasteiger partial charge in [-0.15, -0.1) is 0 Å². The van der Waals surface area contributed by atoms with Crippen LogP contribution in [0, 0.1) is 0 Å². The molecule has 5 nitrogen and oxygen atoms in total. The van der Waals surface area contributed by atoms with Crippen molar-refractivity contribution >= 4 is 5.82 Å². The van der Waals surface area contributed by atoms with Gasteiger partial charge in [0.15, 0.2) is 0 Å². The first-order chi connectivity index (χ1) is 7.39. The van der Waals surface area contributed by atoms with Crippen LogP contribution in [0.25, 0.3) is 11.3 Å². The fourth-order valence-electron chi connectivity index (χ4n) is 1.31. The molecule has 2 heterocycles. The van der Waals surface area contributed by atoms with Gasteiger partial charge in [0.25, 0.3) is 0 Å². The monoisotopic (exact) mass is 231 g/mol. The zero-order valence-electron chi connectivity index (χ0n) is 8.21. The Kier molecular flexibility index (Phi) is 2.14. The van der Waals surface area contributed by atoms with Gasteiger partial charge in [0.2, 0.25) is 0 Å². The Balaban J connectivity index is 2.53. The quantitative estimate of drug-likeness (QED) is 0.779. The normalized spacial score (nSPS) is 12.0. The Morgan fingerprint density at radius 3 is 2.62 bits per heavy atom. The van der Waals surface area contributed by atoms with Crippen molar-refractivity contribution in [1.82, 2.24) is 20.0 Å². The summed E-state index contributed by atoms with van der Waals surface area (Å²) in [5, 5.41) is 9.14. The molecule has 8 heteroatoms. The number of H-pyrrole nitrogens is 1. The van der Waals surface area contributed by atoms with Gasteiger partial charge in [0.05, 0.1) is 17.5 Å². The fraction of sp³-hybridized carbons (Fsp3) is 0.250. The topological polar surface area (TPSA) is 72.5 Å². The molecule has 0 aliphatic heterocycles. The number of anilines is 1. The summed E-state index contributed by atoms with van der Waals surface area (Å²) in [6, 6.07) is 1.36. The number of aryl methyl sites for hydroxylation is 1. The van der Waals surface area contributed by atoms with Crippen LogP contribution >= 0.6 is 0 Å². The van der Waals surface area contributed by atoms with Crippen molar-refractivity contribution in [2.24, 2.45) is 7.05 Å². The van der Waals surface area contributed by atoms with E-state index in [1.165, 1.54) is 10.7 Å². The second-order valence-electron chi connectivity index (χ2n) is 3.23. The van der Waals surface area contributed by atoms with E-state index in [0.717, 1.165) is 6.20 Å². The number of aromatic nitrogens is 4. The van der Waals surface area contributed by atoms with Crippen LogP contribution in [-0.2, 0) is 13.2 Å². The van der Waals surface area contributed by atoms with E-state index in [1.807, 2.05) is 5.10 Å². The molecule has 0 bridgehead atoms. The molecule has 0 unspecified atom stereocenters. The standard InChI is InChI=1S/C8H8F3N5/c1-16-6(12)2-5(15-16)4-3-13-14-7(4)8(9,10)11/h2-3H,12H2,1H3,(H,13,14). The van der Waals surface area contributed by atoms with Crippen LogP contribution in [0.15, 0.2) is 12.3 Å². The summed E-state index contributed by atoms with van der Waals surface area (Å²) in [6.07, 6.45) is -3.41. The van der Waals surface area contributed by atoms with Gasteiger partial charge in [-0.2, -0.15) is 23.4 Å². The van der Waals surface area contributed by atoms with Gasteiger partial charge in [0.1, 0.15) is 11.5 Å². The van der Waals surface area contributed by atoms with Gasteiger partial charge in [0, 0.05) is 13.1 Å². The lowest BCUT2D eigenvalue weighted by atomic mass is 10.2. The minimum absolute atomic E-state index is 0.111. The first kappa shape index (κ1) is 10.5. The zero-order valence-corrected chi connectivity index (χ0v) is 8.21. The highest BCUT2D eigenvalue weighted by atomic mass is 19.4. The maximum Gasteiger partial charge on any atom is 0.433 e. The maximum atomic E-state index is 12.5. The summed E-state index contributed by atoms with van der Waals surface area (Å²) in [4.78, 5) is 0. The van der Waals surface area contributed by atoms with E-state index in [4.69, 9.17) is 5.73 Å². The van der Waals surface area contributed by atoms with Crippen molar-refractivity contribution in [1.29, 1.82) is 0 Å². The highest BCUT2D eigenvalue weighted by molar-refractivity contribution is 5.64. The predicted octanol–water partition coefficient (Wildman–Crippen LogP) is 1.41. The van der Waals surface area contributed by atoms with Crippen molar-refractivity contribution in [3.8, 4) is 11.3 Å². The van der Waals surface area contributed by atoms with Crippen molar-refractivity contribution in [2.75, 3.05) is 5.73 Å². The second kappa shape index (κ2) is 3.26. The summed E-state index contributed by atoms with van der Waals surface area (Å²) in [7, 11) is 1.55. The van der Waals surface area contributed by atoms with Crippen molar-refractivity contribution in [2.45, 2.75) is 6.18 Å². The molecule has 0 radical (unpaired) electrons. The first-order valence-corrected chi connectivity index (χ1v) is 4.30. The molecule has 0 fully saturated rings. The van der Waals surface area contributed by atoms with E-state index in [2.05, 4.69) is 10.2 Å². The average molecular weight is 231 g/mol. The smallest absolute Gasteiger partial charge is 0.384 e. The minimum atomic E-state index is -4.49. The van der Waals surface area contributed by atoms with Crippen molar-refractivity contribution in [3.63, 3.8) is 0 Å². The SMILES string of the molecule is Cn1nc(-c2cn[nH]c2C(F)(F)F)cc1N. The third-order valence-corrected chi connectivity index (χ3v) is 2.11. The Hall–Kier alpha value is -1.99. The Bertz CT molecular complexity index is 490. The Labute approximate surface area is 88.1 Å². The van der Waals surface area contributed by atoms with Gasteiger partial charge < -0.3 is 5.73 Å². The lowest BCUT2D eigenvalue weighted by Crippen LogP contribution is -2.07. The molecule has 2 aromatic rings. The van der Waals surface area contributed by atoms with Crippen molar-refractivity contribution < 1.29 is 13.2 Å². The molecule has 0 aromatic carbocycles. The fourth-order valence-corrected chi connectivity index (χ4v) is 1.31. The molecule has 0 atom stereocenters. The molecule has 86 valence electrons. The molecule has 2 rings (SSSR count). The van der Waals surface area contributed by atoms with Crippen LogP contribution in [0.5, 0.6) is 0 Å². The molecule has 2 aromatic heterocycles. The molecule has 0 amide bonds. The van der Waals surface area contributed by atoms with Gasteiger partial charge in [-0.05, 0) is 0 Å². The third-order valence-electron chi connectivity index (χ3n) is 2.11. The molecule has 16 heavy (non-hydrogen) atoms. The number of rotatable bonds is 1. The summed E-state index contributed by atoms with van der Waals surface area (Å²) in [5.41, 5.74) is 4.60. The number of nitrogens with two attached hydrogens (primary N) is 1. The van der Waals surface area contributed by atoms with Crippen LogP contribution < -0.4 is 5.73 Å².